The minimum Gasteiger partial charge on any atom is -0.496 e. The Labute approximate surface area is 160 Å². The Bertz CT molecular complexity index is 1210. The molecule has 3 heterocycles. The molecule has 7 heteroatoms. The highest BCUT2D eigenvalue weighted by Crippen LogP contribution is 2.36. The number of benzene rings is 1. The van der Waals surface area contributed by atoms with E-state index in [0.717, 1.165) is 5.39 Å². The van der Waals surface area contributed by atoms with E-state index in [0.29, 0.717) is 22.5 Å². The van der Waals surface area contributed by atoms with Crippen LogP contribution in [0.1, 0.15) is 18.2 Å². The van der Waals surface area contributed by atoms with Crippen molar-refractivity contribution in [1.82, 2.24) is 14.9 Å². The van der Waals surface area contributed by atoms with Crippen LogP contribution in [0.15, 0.2) is 59.0 Å². The summed E-state index contributed by atoms with van der Waals surface area (Å²) in [6, 6.07) is 12.2. The molecule has 1 N–H and O–H groups in total. The molecule has 1 aliphatic rings. The molecule has 7 nitrogen and oxygen atoms in total. The fourth-order valence-corrected chi connectivity index (χ4v) is 3.44. The molecule has 2 aromatic heterocycles. The number of hydrogen-bond acceptors (Lipinski definition) is 5. The van der Waals surface area contributed by atoms with Gasteiger partial charge in [0.2, 0.25) is 0 Å². The van der Waals surface area contributed by atoms with E-state index in [4.69, 9.17) is 4.74 Å². The zero-order chi connectivity index (χ0) is 19.8. The van der Waals surface area contributed by atoms with Crippen LogP contribution in [0, 0.1) is 0 Å². The third-order valence-electron chi connectivity index (χ3n) is 4.80. The molecule has 3 aromatic rings. The molecule has 0 bridgehead atoms. The number of aromatic nitrogens is 2. The zero-order valence-corrected chi connectivity index (χ0v) is 15.4. The van der Waals surface area contributed by atoms with Crippen molar-refractivity contribution in [2.24, 2.45) is 0 Å². The van der Waals surface area contributed by atoms with Gasteiger partial charge in [-0.05, 0) is 42.6 Å². The number of nitrogens with one attached hydrogen (secondary N) is 1. The van der Waals surface area contributed by atoms with Crippen LogP contribution in [-0.4, -0.2) is 28.5 Å². The minimum absolute atomic E-state index is 0.216. The number of nitrogens with zero attached hydrogens (tertiary/aromatic N) is 2. The second-order valence-corrected chi connectivity index (χ2v) is 6.44. The maximum atomic E-state index is 12.7. The van der Waals surface area contributed by atoms with Crippen LogP contribution in [0.25, 0.3) is 16.5 Å². The number of rotatable bonds is 4. The largest absolute Gasteiger partial charge is 0.496 e. The number of methoxy groups -OCH3 is 1. The Balaban J connectivity index is 2.09. The average molecular weight is 375 g/mol. The van der Waals surface area contributed by atoms with Crippen molar-refractivity contribution >= 4 is 28.3 Å². The van der Waals surface area contributed by atoms with Gasteiger partial charge < -0.3 is 9.30 Å². The third kappa shape index (κ3) is 2.77. The van der Waals surface area contributed by atoms with Crippen LogP contribution in [0.2, 0.25) is 0 Å². The van der Waals surface area contributed by atoms with Crippen molar-refractivity contribution in [2.45, 2.75) is 13.5 Å². The number of hydrogen-bond donors (Lipinski definition) is 1. The topological polar surface area (TPSA) is 90.3 Å². The Morgan fingerprint density at radius 2 is 1.82 bits per heavy atom. The molecular formula is C21H17N3O4. The maximum Gasteiger partial charge on any atom is 0.259 e. The Morgan fingerprint density at radius 1 is 1.04 bits per heavy atom. The molecule has 0 fully saturated rings. The fourth-order valence-electron chi connectivity index (χ4n) is 3.44. The smallest absolute Gasteiger partial charge is 0.259 e. The lowest BCUT2D eigenvalue weighted by molar-refractivity contribution is -0.123. The Morgan fingerprint density at radius 3 is 2.46 bits per heavy atom. The van der Waals surface area contributed by atoms with E-state index in [-0.39, 0.29) is 23.3 Å². The predicted molar refractivity (Wildman–Crippen MR) is 104 cm³/mol. The first-order chi connectivity index (χ1) is 13.5. The maximum absolute atomic E-state index is 12.7. The molecule has 4 rings (SSSR count). The quantitative estimate of drug-likeness (QED) is 0.703. The van der Waals surface area contributed by atoms with Gasteiger partial charge in [0.15, 0.2) is 0 Å². The van der Waals surface area contributed by atoms with Crippen LogP contribution in [0.4, 0.5) is 0 Å². The number of pyridine rings is 2. The number of fused-ring (bicyclic) bond motifs is 1. The van der Waals surface area contributed by atoms with Gasteiger partial charge in [-0.15, -0.1) is 0 Å². The molecule has 0 atom stereocenters. The second-order valence-electron chi connectivity index (χ2n) is 6.44. The van der Waals surface area contributed by atoms with E-state index in [1.807, 2.05) is 18.2 Å². The lowest BCUT2D eigenvalue weighted by Gasteiger charge is -2.17. The highest BCUT2D eigenvalue weighted by molar-refractivity contribution is 6.37. The van der Waals surface area contributed by atoms with E-state index >= 15 is 0 Å². The second kappa shape index (κ2) is 6.77. The molecule has 140 valence electrons. The van der Waals surface area contributed by atoms with E-state index in [1.54, 1.807) is 35.9 Å². The normalized spacial score (nSPS) is 13.9. The summed E-state index contributed by atoms with van der Waals surface area (Å²) in [5.74, 6) is -0.547. The molecule has 28 heavy (non-hydrogen) atoms. The Hall–Kier alpha value is -3.74. The van der Waals surface area contributed by atoms with E-state index in [9.17, 15) is 14.4 Å². The first-order valence-electron chi connectivity index (χ1n) is 8.68. The van der Waals surface area contributed by atoms with Crippen LogP contribution in [0.5, 0.6) is 5.75 Å². The third-order valence-corrected chi connectivity index (χ3v) is 4.80. The molecule has 0 unspecified atom stereocenters. The summed E-state index contributed by atoms with van der Waals surface area (Å²) < 4.78 is 7.03. The van der Waals surface area contributed by atoms with Crippen molar-refractivity contribution in [1.29, 1.82) is 0 Å². The van der Waals surface area contributed by atoms with Gasteiger partial charge >= 0.3 is 0 Å². The number of amides is 2. The summed E-state index contributed by atoms with van der Waals surface area (Å²) in [7, 11) is 1.49. The van der Waals surface area contributed by atoms with Gasteiger partial charge in [-0.25, -0.2) is 0 Å². The van der Waals surface area contributed by atoms with Crippen molar-refractivity contribution in [3.63, 3.8) is 0 Å². The summed E-state index contributed by atoms with van der Waals surface area (Å²) in [5.41, 5.74) is 1.91. The number of imide groups is 1. The first-order valence-corrected chi connectivity index (χ1v) is 8.68. The summed E-state index contributed by atoms with van der Waals surface area (Å²) >= 11 is 0. The molecule has 2 amide bonds. The first kappa shape index (κ1) is 17.7. The van der Waals surface area contributed by atoms with Gasteiger partial charge in [-0.2, -0.15) is 0 Å². The highest BCUT2D eigenvalue weighted by Gasteiger charge is 2.32. The summed E-state index contributed by atoms with van der Waals surface area (Å²) in [4.78, 5) is 41.6. The molecule has 0 saturated carbocycles. The molecule has 0 radical (unpaired) electrons. The standard InChI is InChI=1S/C21H17N3O4/c1-12-17(21(27)23-20(12)26)18-15(28-2)8-6-13-7-9-16(25)24(19(13)18)11-14-5-3-4-10-22-14/h3-10H,11H2,1-2H3,(H,23,26,27). The van der Waals surface area contributed by atoms with Gasteiger partial charge in [-0.3, -0.25) is 24.7 Å². The molecular weight excluding hydrogens is 358 g/mol. The van der Waals surface area contributed by atoms with Crippen molar-refractivity contribution in [3.8, 4) is 5.75 Å². The molecule has 0 aliphatic carbocycles. The van der Waals surface area contributed by atoms with Crippen LogP contribution in [0.3, 0.4) is 0 Å². The minimum atomic E-state index is -0.506. The number of ether oxygens (including phenoxy) is 1. The molecule has 0 spiro atoms. The number of carbonyl (C=O) groups is 2. The van der Waals surface area contributed by atoms with Gasteiger partial charge in [0, 0.05) is 17.8 Å². The molecule has 1 aliphatic heterocycles. The van der Waals surface area contributed by atoms with Crippen molar-refractivity contribution < 1.29 is 14.3 Å². The summed E-state index contributed by atoms with van der Waals surface area (Å²) in [5, 5.41) is 3.06. The van der Waals surface area contributed by atoms with Gasteiger partial charge in [-0.1, -0.05) is 6.07 Å². The van der Waals surface area contributed by atoms with E-state index in [1.165, 1.54) is 13.2 Å². The highest BCUT2D eigenvalue weighted by atomic mass is 16.5. The fraction of sp³-hybridized carbons (Fsp3) is 0.143. The lowest BCUT2D eigenvalue weighted by atomic mass is 9.97. The predicted octanol–water partition coefficient (Wildman–Crippen LogP) is 1.88. The molecule has 0 saturated heterocycles. The zero-order valence-electron chi connectivity index (χ0n) is 15.4. The van der Waals surface area contributed by atoms with Gasteiger partial charge in [0.05, 0.1) is 36.0 Å². The van der Waals surface area contributed by atoms with Crippen molar-refractivity contribution in [2.75, 3.05) is 7.11 Å². The molecule has 1 aromatic carbocycles. The SMILES string of the molecule is COc1ccc2ccc(=O)n(Cc3ccccn3)c2c1C1=C(C)C(=O)NC1=O. The lowest BCUT2D eigenvalue weighted by Crippen LogP contribution is -2.24. The van der Waals surface area contributed by atoms with E-state index in [2.05, 4.69) is 10.3 Å². The van der Waals surface area contributed by atoms with E-state index < -0.39 is 11.8 Å². The Kier molecular flexibility index (Phi) is 4.27. The summed E-state index contributed by atoms with van der Waals surface area (Å²) in [6.45, 7) is 1.80. The monoisotopic (exact) mass is 375 g/mol. The summed E-state index contributed by atoms with van der Waals surface area (Å²) in [6.07, 6.45) is 1.66. The van der Waals surface area contributed by atoms with Gasteiger partial charge in [0.25, 0.3) is 17.4 Å². The number of carbonyl (C=O) groups excluding carboxylic acids is 2. The van der Waals surface area contributed by atoms with Crippen LogP contribution in [-0.2, 0) is 16.1 Å². The van der Waals surface area contributed by atoms with Gasteiger partial charge in [0.1, 0.15) is 5.75 Å². The van der Waals surface area contributed by atoms with Crippen LogP contribution < -0.4 is 15.6 Å². The van der Waals surface area contributed by atoms with Crippen LogP contribution >= 0.6 is 0 Å². The van der Waals surface area contributed by atoms with Crippen molar-refractivity contribution in [3.05, 3.63) is 75.8 Å². The average Bonchev–Trinajstić information content (AvgIpc) is 2.95.